The van der Waals surface area contributed by atoms with E-state index in [1.54, 1.807) is 0 Å². The summed E-state index contributed by atoms with van der Waals surface area (Å²) in [4.78, 5) is 38.2. The molecule has 0 aromatic heterocycles. The highest BCUT2D eigenvalue weighted by Crippen LogP contribution is 2.14. The fourth-order valence-electron chi connectivity index (χ4n) is 8.31. The van der Waals surface area contributed by atoms with Crippen LogP contribution in [0.15, 0.2) is 158 Å². The molecule has 0 aliphatic carbocycles. The minimum atomic E-state index is -0.805. The minimum Gasteiger partial charge on any atom is -0.462 e. The van der Waals surface area contributed by atoms with Crippen LogP contribution >= 0.6 is 0 Å². The number of allylic oxidation sites excluding steroid dienone is 26. The Morgan fingerprint density at radius 3 is 0.772 bits per heavy atom. The molecule has 0 saturated heterocycles. The summed E-state index contributed by atoms with van der Waals surface area (Å²) >= 11 is 0. The molecule has 0 heterocycles. The smallest absolute Gasteiger partial charge is 0.306 e. The highest BCUT2D eigenvalue weighted by atomic mass is 16.6. The lowest BCUT2D eigenvalue weighted by Crippen LogP contribution is -2.30. The van der Waals surface area contributed by atoms with Gasteiger partial charge in [0.25, 0.3) is 0 Å². The van der Waals surface area contributed by atoms with Crippen molar-refractivity contribution in [3.63, 3.8) is 0 Å². The molecule has 1 atom stereocenters. The van der Waals surface area contributed by atoms with Gasteiger partial charge in [0.05, 0.1) is 0 Å². The van der Waals surface area contributed by atoms with Gasteiger partial charge in [-0.3, -0.25) is 14.4 Å². The number of esters is 3. The summed E-state index contributed by atoms with van der Waals surface area (Å²) in [7, 11) is 0. The van der Waals surface area contributed by atoms with Crippen LogP contribution in [0.25, 0.3) is 0 Å². The first-order valence-corrected chi connectivity index (χ1v) is 32.0. The molecule has 0 bridgehead atoms. The van der Waals surface area contributed by atoms with Crippen molar-refractivity contribution >= 4 is 17.9 Å². The van der Waals surface area contributed by atoms with Gasteiger partial charge in [-0.2, -0.15) is 0 Å². The van der Waals surface area contributed by atoms with Crippen LogP contribution in [0.1, 0.15) is 265 Å². The Morgan fingerprint density at radius 1 is 0.266 bits per heavy atom. The predicted molar refractivity (Wildman–Crippen MR) is 343 cm³/mol. The minimum absolute atomic E-state index is 0.0981. The molecule has 1 unspecified atom stereocenters. The average molecular weight is 1090 g/mol. The van der Waals surface area contributed by atoms with E-state index >= 15 is 0 Å². The van der Waals surface area contributed by atoms with E-state index in [1.165, 1.54) is 51.4 Å². The molecule has 0 aromatic carbocycles. The van der Waals surface area contributed by atoms with Gasteiger partial charge in [-0.1, -0.05) is 275 Å². The third kappa shape index (κ3) is 63.7. The van der Waals surface area contributed by atoms with E-state index < -0.39 is 6.10 Å². The molecular weight excluding hydrogens is 973 g/mol. The van der Waals surface area contributed by atoms with Crippen molar-refractivity contribution in [2.24, 2.45) is 0 Å². The summed E-state index contributed by atoms with van der Waals surface area (Å²) in [5.41, 5.74) is 0. The van der Waals surface area contributed by atoms with E-state index in [9.17, 15) is 14.4 Å². The van der Waals surface area contributed by atoms with Crippen LogP contribution in [-0.2, 0) is 28.6 Å². The van der Waals surface area contributed by atoms with E-state index in [-0.39, 0.29) is 31.1 Å². The molecule has 0 N–H and O–H groups in total. The molecule has 0 radical (unpaired) electrons. The van der Waals surface area contributed by atoms with E-state index in [0.29, 0.717) is 19.3 Å². The van der Waals surface area contributed by atoms with Crippen molar-refractivity contribution in [1.82, 2.24) is 0 Å². The summed E-state index contributed by atoms with van der Waals surface area (Å²) < 4.78 is 16.8. The first-order chi connectivity index (χ1) is 39.0. The molecule has 444 valence electrons. The Morgan fingerprint density at radius 2 is 0.494 bits per heavy atom. The summed E-state index contributed by atoms with van der Waals surface area (Å²) in [5, 5.41) is 0. The number of hydrogen-bond acceptors (Lipinski definition) is 6. The van der Waals surface area contributed by atoms with Crippen LogP contribution in [0.2, 0.25) is 0 Å². The van der Waals surface area contributed by atoms with Crippen molar-refractivity contribution in [2.75, 3.05) is 13.2 Å². The molecule has 0 aromatic rings. The van der Waals surface area contributed by atoms with Gasteiger partial charge in [0.1, 0.15) is 13.2 Å². The van der Waals surface area contributed by atoms with Gasteiger partial charge in [0.2, 0.25) is 0 Å². The van der Waals surface area contributed by atoms with Crippen molar-refractivity contribution < 1.29 is 28.6 Å². The third-order valence-electron chi connectivity index (χ3n) is 13.0. The summed E-state index contributed by atoms with van der Waals surface area (Å²) in [5.74, 6) is -0.946. The molecule has 0 aliphatic heterocycles. The number of unbranched alkanes of at least 4 members (excludes halogenated alkanes) is 19. The second-order valence-corrected chi connectivity index (χ2v) is 20.6. The first-order valence-electron chi connectivity index (χ1n) is 32.0. The average Bonchev–Trinajstić information content (AvgIpc) is 3.45. The van der Waals surface area contributed by atoms with Gasteiger partial charge < -0.3 is 14.2 Å². The normalized spacial score (nSPS) is 13.2. The Hall–Kier alpha value is -4.97. The Balaban J connectivity index is 4.34. The van der Waals surface area contributed by atoms with Crippen molar-refractivity contribution in [2.45, 2.75) is 271 Å². The van der Waals surface area contributed by atoms with Gasteiger partial charge in [-0.25, -0.2) is 0 Å². The fraction of sp³-hybridized carbons (Fsp3) is 0.603. The molecule has 0 amide bonds. The monoisotopic (exact) mass is 1090 g/mol. The van der Waals surface area contributed by atoms with Crippen molar-refractivity contribution in [3.05, 3.63) is 158 Å². The largest absolute Gasteiger partial charge is 0.462 e. The molecular formula is C73H116O6. The predicted octanol–water partition coefficient (Wildman–Crippen LogP) is 22.1. The zero-order valence-electron chi connectivity index (χ0n) is 50.8. The number of carbonyl (C=O) groups excluding carboxylic acids is 3. The maximum atomic E-state index is 12.9. The first kappa shape index (κ1) is 74.0. The topological polar surface area (TPSA) is 78.9 Å². The zero-order chi connectivity index (χ0) is 57.1. The van der Waals surface area contributed by atoms with Gasteiger partial charge in [0, 0.05) is 19.3 Å². The molecule has 0 rings (SSSR count). The van der Waals surface area contributed by atoms with Crippen LogP contribution in [0.5, 0.6) is 0 Å². The van der Waals surface area contributed by atoms with Gasteiger partial charge in [0.15, 0.2) is 6.10 Å². The van der Waals surface area contributed by atoms with Crippen LogP contribution in [0, 0.1) is 0 Å². The Labute approximate surface area is 486 Å². The molecule has 0 fully saturated rings. The number of carbonyl (C=O) groups is 3. The Kier molecular flexibility index (Phi) is 61.4. The summed E-state index contributed by atoms with van der Waals surface area (Å²) in [6.07, 6.45) is 95.4. The van der Waals surface area contributed by atoms with E-state index in [4.69, 9.17) is 14.2 Å². The van der Waals surface area contributed by atoms with Gasteiger partial charge in [-0.15, -0.1) is 0 Å². The second kappa shape index (κ2) is 65.5. The van der Waals surface area contributed by atoms with Crippen LogP contribution < -0.4 is 0 Å². The number of ether oxygens (including phenoxy) is 3. The molecule has 79 heavy (non-hydrogen) atoms. The standard InChI is InChI=1S/C73H116O6/c1-4-7-10-13-16-19-22-24-26-28-29-30-31-32-33-34-35-36-37-38-39-40-41-42-43-45-46-48-51-54-57-60-63-66-72(75)78-69-70(68-77-71(74)65-62-59-56-53-50-21-18-15-12-9-6-3)79-73(76)67-64-61-58-55-52-49-47-44-27-25-23-20-17-14-11-8-5-2/h7-8,10-11,16-17,19-20,24-27,29-30,32-33,35-36,38-39,41-42,45-47,49,70H,4-6,9,12-15,18,21-23,28,31,34,37,40,43-44,48,50-69H2,1-3H3/b10-7-,11-8-,19-16-,20-17-,26-24-,27-25-,30-29-,33-32-,36-35-,39-38-,42-41-,46-45-,49-47-. The lowest BCUT2D eigenvalue weighted by Gasteiger charge is -2.18. The quantitative estimate of drug-likeness (QED) is 0.0261. The van der Waals surface area contributed by atoms with E-state index in [1.807, 2.05) is 0 Å². The van der Waals surface area contributed by atoms with E-state index in [2.05, 4.69) is 179 Å². The molecule has 6 heteroatoms. The van der Waals surface area contributed by atoms with Crippen molar-refractivity contribution in [3.8, 4) is 0 Å². The summed E-state index contributed by atoms with van der Waals surface area (Å²) in [6.45, 7) is 6.36. The lowest BCUT2D eigenvalue weighted by molar-refractivity contribution is -0.167. The highest BCUT2D eigenvalue weighted by Gasteiger charge is 2.19. The van der Waals surface area contributed by atoms with Gasteiger partial charge >= 0.3 is 17.9 Å². The molecule has 0 spiro atoms. The Bertz CT molecular complexity index is 1780. The maximum Gasteiger partial charge on any atom is 0.306 e. The number of hydrogen-bond donors (Lipinski definition) is 0. The molecule has 0 aliphatic rings. The number of rotatable bonds is 56. The molecule has 6 nitrogen and oxygen atoms in total. The SMILES string of the molecule is CC/C=C\C/C=C\C/C=C\C/C=C\C/C=C\C/C=C\C/C=C\C/C=C\C/C=C\CCCCCCCC(=O)OCC(COC(=O)CCCCCCCCCCCCC)OC(=O)CCCCCC/C=C\C/C=C\C/C=C\C/C=C\CC. The van der Waals surface area contributed by atoms with Gasteiger partial charge in [-0.05, 0) is 128 Å². The van der Waals surface area contributed by atoms with Crippen LogP contribution in [0.4, 0.5) is 0 Å². The fourth-order valence-corrected chi connectivity index (χ4v) is 8.31. The van der Waals surface area contributed by atoms with Crippen LogP contribution in [0.3, 0.4) is 0 Å². The zero-order valence-corrected chi connectivity index (χ0v) is 50.8. The third-order valence-corrected chi connectivity index (χ3v) is 13.0. The second-order valence-electron chi connectivity index (χ2n) is 20.6. The maximum absolute atomic E-state index is 12.9. The van der Waals surface area contributed by atoms with Crippen molar-refractivity contribution in [1.29, 1.82) is 0 Å². The molecule has 0 saturated carbocycles. The van der Waals surface area contributed by atoms with E-state index in [0.717, 1.165) is 173 Å². The lowest BCUT2D eigenvalue weighted by atomic mass is 10.1. The van der Waals surface area contributed by atoms with Crippen LogP contribution in [-0.4, -0.2) is 37.2 Å². The highest BCUT2D eigenvalue weighted by molar-refractivity contribution is 5.71. The summed E-state index contributed by atoms with van der Waals surface area (Å²) in [6, 6.07) is 0.